The summed E-state index contributed by atoms with van der Waals surface area (Å²) in [5, 5.41) is 2.48. The number of hydrogen-bond acceptors (Lipinski definition) is 5. The molecule has 1 aliphatic heterocycles. The first-order valence-electron chi connectivity index (χ1n) is 10.9. The number of imide groups is 2. The molecule has 1 N–H and O–H groups in total. The Hall–Kier alpha value is -3.62. The van der Waals surface area contributed by atoms with Crippen molar-refractivity contribution in [1.29, 1.82) is 0 Å². The quantitative estimate of drug-likeness (QED) is 0.292. The third-order valence-corrected chi connectivity index (χ3v) is 6.59. The average molecular weight is 570 g/mol. The summed E-state index contributed by atoms with van der Waals surface area (Å²) in [6, 6.07) is 15.3. The van der Waals surface area contributed by atoms with E-state index in [1.807, 2.05) is 44.2 Å². The van der Waals surface area contributed by atoms with Gasteiger partial charge >= 0.3 is 6.03 Å². The topological polar surface area (TPSA) is 84.9 Å². The number of urea groups is 1. The molecule has 0 saturated carbocycles. The number of nitrogens with zero attached hydrogens (tertiary/aromatic N) is 1. The molecule has 0 spiro atoms. The number of rotatable bonds is 6. The normalized spacial score (nSPS) is 14.8. The van der Waals surface area contributed by atoms with Gasteiger partial charge in [0.05, 0.1) is 17.8 Å². The van der Waals surface area contributed by atoms with Crippen LogP contribution in [-0.4, -0.2) is 25.0 Å². The van der Waals surface area contributed by atoms with Crippen molar-refractivity contribution >= 4 is 57.1 Å². The molecule has 4 rings (SSSR count). The summed E-state index contributed by atoms with van der Waals surface area (Å²) in [4.78, 5) is 39.4. The lowest BCUT2D eigenvalue weighted by atomic mass is 10.0. The van der Waals surface area contributed by atoms with Crippen molar-refractivity contribution in [2.45, 2.75) is 20.5 Å². The van der Waals surface area contributed by atoms with Gasteiger partial charge in [0.15, 0.2) is 11.5 Å². The van der Waals surface area contributed by atoms with Crippen molar-refractivity contribution in [2.75, 3.05) is 12.0 Å². The minimum atomic E-state index is -0.803. The fourth-order valence-corrected chi connectivity index (χ4v) is 4.26. The second-order valence-electron chi connectivity index (χ2n) is 8.13. The van der Waals surface area contributed by atoms with Crippen LogP contribution in [0.5, 0.6) is 11.5 Å². The van der Waals surface area contributed by atoms with Crippen LogP contribution in [0.15, 0.2) is 64.6 Å². The van der Waals surface area contributed by atoms with Gasteiger partial charge in [0.1, 0.15) is 12.2 Å². The van der Waals surface area contributed by atoms with E-state index in [2.05, 4.69) is 21.2 Å². The number of hydrogen-bond donors (Lipinski definition) is 1. The first kappa shape index (κ1) is 25.5. The second-order valence-corrected chi connectivity index (χ2v) is 9.45. The van der Waals surface area contributed by atoms with E-state index in [4.69, 9.17) is 21.1 Å². The van der Waals surface area contributed by atoms with E-state index in [9.17, 15) is 14.4 Å². The zero-order valence-corrected chi connectivity index (χ0v) is 22.1. The number of ether oxygens (including phenoxy) is 2. The maximum Gasteiger partial charge on any atom is 0.335 e. The van der Waals surface area contributed by atoms with Gasteiger partial charge in [-0.2, -0.15) is 0 Å². The highest BCUT2D eigenvalue weighted by Crippen LogP contribution is 2.38. The predicted octanol–water partition coefficient (Wildman–Crippen LogP) is 5.97. The standard InChI is InChI=1S/C27H22BrClN2O5/c1-15-5-4-6-22(16(15)2)31-26(33)20(25(32)30-27(31)34)11-18-12-21(29)24(23(13-18)35-3)36-14-17-7-9-19(28)10-8-17/h4-13H,14H2,1-3H3,(H,30,32,34)/b20-11+. The van der Waals surface area contributed by atoms with E-state index in [1.54, 1.807) is 24.3 Å². The van der Waals surface area contributed by atoms with Crippen LogP contribution in [0.25, 0.3) is 6.08 Å². The van der Waals surface area contributed by atoms with Crippen molar-refractivity contribution in [3.63, 3.8) is 0 Å². The molecule has 0 bridgehead atoms. The highest BCUT2D eigenvalue weighted by atomic mass is 79.9. The van der Waals surface area contributed by atoms with E-state index in [-0.39, 0.29) is 17.2 Å². The zero-order chi connectivity index (χ0) is 26.0. The molecule has 3 aromatic rings. The van der Waals surface area contributed by atoms with Gasteiger partial charge in [0, 0.05) is 4.47 Å². The van der Waals surface area contributed by atoms with Crippen molar-refractivity contribution in [3.8, 4) is 11.5 Å². The smallest absolute Gasteiger partial charge is 0.335 e. The summed E-state index contributed by atoms with van der Waals surface area (Å²) in [7, 11) is 1.47. The van der Waals surface area contributed by atoms with Gasteiger partial charge in [-0.05, 0) is 72.5 Å². The monoisotopic (exact) mass is 568 g/mol. The number of amides is 4. The number of nitrogens with one attached hydrogen (secondary N) is 1. The predicted molar refractivity (Wildman–Crippen MR) is 141 cm³/mol. The van der Waals surface area contributed by atoms with Crippen LogP contribution in [0.2, 0.25) is 5.02 Å². The second kappa shape index (κ2) is 10.6. The van der Waals surface area contributed by atoms with E-state index < -0.39 is 17.8 Å². The van der Waals surface area contributed by atoms with Crippen molar-refractivity contribution in [2.24, 2.45) is 0 Å². The SMILES string of the molecule is COc1cc(/C=C2\C(=O)NC(=O)N(c3cccc(C)c3C)C2=O)cc(Cl)c1OCc1ccc(Br)cc1. The van der Waals surface area contributed by atoms with Crippen LogP contribution < -0.4 is 19.7 Å². The fourth-order valence-electron chi connectivity index (χ4n) is 3.72. The Balaban J connectivity index is 1.66. The third-order valence-electron chi connectivity index (χ3n) is 5.78. The van der Waals surface area contributed by atoms with Crippen LogP contribution in [0, 0.1) is 13.8 Å². The van der Waals surface area contributed by atoms with E-state index in [1.165, 1.54) is 13.2 Å². The molecule has 0 unspecified atom stereocenters. The molecule has 3 aromatic carbocycles. The third kappa shape index (κ3) is 5.15. The Morgan fingerprint density at radius 3 is 2.47 bits per heavy atom. The Labute approximate surface area is 221 Å². The Kier molecular flexibility index (Phi) is 7.47. The molecular formula is C27H22BrClN2O5. The number of halogens is 2. The molecule has 7 nitrogen and oxygen atoms in total. The van der Waals surface area contributed by atoms with E-state index >= 15 is 0 Å². The van der Waals surface area contributed by atoms with Crippen LogP contribution in [0.3, 0.4) is 0 Å². The molecule has 0 aromatic heterocycles. The van der Waals surface area contributed by atoms with Gasteiger partial charge < -0.3 is 9.47 Å². The lowest BCUT2D eigenvalue weighted by Crippen LogP contribution is -2.54. The molecule has 1 heterocycles. The Bertz CT molecular complexity index is 1400. The summed E-state index contributed by atoms with van der Waals surface area (Å²) < 4.78 is 12.3. The summed E-state index contributed by atoms with van der Waals surface area (Å²) in [6.45, 7) is 3.95. The number of methoxy groups -OCH3 is 1. The van der Waals surface area contributed by atoms with Gasteiger partial charge in [0.25, 0.3) is 11.8 Å². The number of benzene rings is 3. The highest BCUT2D eigenvalue weighted by Gasteiger charge is 2.37. The lowest BCUT2D eigenvalue weighted by molar-refractivity contribution is -0.122. The van der Waals surface area contributed by atoms with Crippen molar-refractivity contribution < 1.29 is 23.9 Å². The molecule has 184 valence electrons. The Morgan fingerprint density at radius 2 is 1.78 bits per heavy atom. The first-order valence-corrected chi connectivity index (χ1v) is 12.1. The molecule has 36 heavy (non-hydrogen) atoms. The van der Waals surface area contributed by atoms with E-state index in [0.29, 0.717) is 22.7 Å². The first-order chi connectivity index (χ1) is 17.2. The average Bonchev–Trinajstić information content (AvgIpc) is 2.84. The molecular weight excluding hydrogens is 548 g/mol. The summed E-state index contributed by atoms with van der Waals surface area (Å²) in [6.07, 6.45) is 1.37. The molecule has 0 radical (unpaired) electrons. The van der Waals surface area contributed by atoms with Gasteiger partial charge in [0.2, 0.25) is 0 Å². The van der Waals surface area contributed by atoms with Crippen LogP contribution in [0.4, 0.5) is 10.5 Å². The fraction of sp³-hybridized carbons (Fsp3) is 0.148. The summed E-state index contributed by atoms with van der Waals surface area (Å²) >= 11 is 9.89. The van der Waals surface area contributed by atoms with Crippen LogP contribution in [0.1, 0.15) is 22.3 Å². The zero-order valence-electron chi connectivity index (χ0n) is 19.7. The number of anilines is 1. The summed E-state index contributed by atoms with van der Waals surface area (Å²) in [5.41, 5.74) is 3.22. The molecule has 1 aliphatic rings. The maximum atomic E-state index is 13.3. The number of carbonyl (C=O) groups excluding carboxylic acids is 3. The minimum absolute atomic E-state index is 0.211. The van der Waals surface area contributed by atoms with Gasteiger partial charge in [-0.1, -0.05) is 51.8 Å². The Morgan fingerprint density at radius 1 is 1.06 bits per heavy atom. The van der Waals surface area contributed by atoms with Gasteiger partial charge in [-0.25, -0.2) is 9.69 Å². The molecule has 9 heteroatoms. The highest BCUT2D eigenvalue weighted by molar-refractivity contribution is 9.10. The number of barbiturate groups is 1. The van der Waals surface area contributed by atoms with Crippen LogP contribution >= 0.6 is 27.5 Å². The molecule has 0 atom stereocenters. The van der Waals surface area contributed by atoms with Crippen LogP contribution in [-0.2, 0) is 16.2 Å². The van der Waals surface area contributed by atoms with Crippen molar-refractivity contribution in [3.05, 3.63) is 91.9 Å². The maximum absolute atomic E-state index is 13.3. The van der Waals surface area contributed by atoms with E-state index in [0.717, 1.165) is 26.1 Å². The molecule has 1 fully saturated rings. The van der Waals surface area contributed by atoms with Gasteiger partial charge in [-0.3, -0.25) is 14.9 Å². The largest absolute Gasteiger partial charge is 0.493 e. The van der Waals surface area contributed by atoms with Crippen molar-refractivity contribution in [1.82, 2.24) is 5.32 Å². The summed E-state index contributed by atoms with van der Waals surface area (Å²) in [5.74, 6) is -0.867. The minimum Gasteiger partial charge on any atom is -0.493 e. The molecule has 1 saturated heterocycles. The number of aryl methyl sites for hydroxylation is 1. The number of carbonyl (C=O) groups is 3. The lowest BCUT2D eigenvalue weighted by Gasteiger charge is -2.28. The molecule has 0 aliphatic carbocycles. The van der Waals surface area contributed by atoms with Gasteiger partial charge in [-0.15, -0.1) is 0 Å². The molecule has 4 amide bonds.